The van der Waals surface area contributed by atoms with Crippen molar-refractivity contribution < 1.29 is 19.4 Å². The maximum atomic E-state index is 12.0. The molecular weight excluding hydrogens is 326 g/mol. The third kappa shape index (κ3) is 4.23. The third-order valence-electron chi connectivity index (χ3n) is 3.28. The molecule has 1 aromatic carbocycles. The van der Waals surface area contributed by atoms with Crippen molar-refractivity contribution in [2.45, 2.75) is 12.8 Å². The molecule has 1 aliphatic rings. The van der Waals surface area contributed by atoms with Crippen molar-refractivity contribution in [2.24, 2.45) is 5.92 Å². The molecule has 6 heteroatoms. The molecule has 1 amide bonds. The van der Waals surface area contributed by atoms with E-state index in [0.29, 0.717) is 18.8 Å². The molecule has 1 unspecified atom stereocenters. The number of hydrogen-bond acceptors (Lipinski definition) is 3. The number of carboxylic acid groups (broad SMARTS) is 1. The Kier molecular flexibility index (Phi) is 5.00. The lowest BCUT2D eigenvalue weighted by atomic mass is 10.1. The molecule has 1 fully saturated rings. The third-order valence-corrected chi connectivity index (χ3v) is 3.81. The smallest absolute Gasteiger partial charge is 0.303 e. The molecule has 5 nitrogen and oxygen atoms in total. The van der Waals surface area contributed by atoms with Gasteiger partial charge >= 0.3 is 5.97 Å². The van der Waals surface area contributed by atoms with Gasteiger partial charge < -0.3 is 14.7 Å². The highest BCUT2D eigenvalue weighted by Gasteiger charge is 2.27. The number of likely N-dealkylation sites (tertiary alicyclic amines) is 1. The van der Waals surface area contributed by atoms with E-state index in [1.807, 2.05) is 12.1 Å². The van der Waals surface area contributed by atoms with Crippen molar-refractivity contribution in [3.05, 3.63) is 28.7 Å². The van der Waals surface area contributed by atoms with Gasteiger partial charge in [0.15, 0.2) is 6.61 Å². The Labute approximate surface area is 125 Å². The molecule has 1 aromatic rings. The summed E-state index contributed by atoms with van der Waals surface area (Å²) in [6, 6.07) is 7.26. The van der Waals surface area contributed by atoms with Crippen LogP contribution in [0.2, 0.25) is 0 Å². The van der Waals surface area contributed by atoms with Gasteiger partial charge in [-0.05, 0) is 36.6 Å². The second kappa shape index (κ2) is 6.74. The summed E-state index contributed by atoms with van der Waals surface area (Å²) in [6.07, 6.45) is 0.869. The first-order valence-electron chi connectivity index (χ1n) is 6.42. The highest BCUT2D eigenvalue weighted by atomic mass is 79.9. The van der Waals surface area contributed by atoms with Crippen LogP contribution in [0.4, 0.5) is 0 Å². The molecule has 0 radical (unpaired) electrons. The molecule has 0 bridgehead atoms. The van der Waals surface area contributed by atoms with E-state index >= 15 is 0 Å². The lowest BCUT2D eigenvalue weighted by Gasteiger charge is -2.16. The van der Waals surface area contributed by atoms with Crippen molar-refractivity contribution in [1.29, 1.82) is 0 Å². The monoisotopic (exact) mass is 341 g/mol. The summed E-state index contributed by atoms with van der Waals surface area (Å²) < 4.78 is 6.37. The van der Waals surface area contributed by atoms with E-state index in [1.54, 1.807) is 17.0 Å². The fraction of sp³-hybridized carbons (Fsp3) is 0.429. The van der Waals surface area contributed by atoms with Gasteiger partial charge in [0.25, 0.3) is 5.91 Å². The van der Waals surface area contributed by atoms with Crippen LogP contribution in [0.1, 0.15) is 12.8 Å². The van der Waals surface area contributed by atoms with Gasteiger partial charge in [-0.15, -0.1) is 0 Å². The van der Waals surface area contributed by atoms with E-state index in [0.717, 1.165) is 10.9 Å². The van der Waals surface area contributed by atoms with Crippen molar-refractivity contribution in [3.8, 4) is 5.75 Å². The van der Waals surface area contributed by atoms with E-state index in [2.05, 4.69) is 15.9 Å². The SMILES string of the molecule is O=C(O)CC1CCN(C(=O)COc2ccc(Br)cc2)C1. The Bertz CT molecular complexity index is 488. The number of carbonyl (C=O) groups is 2. The summed E-state index contributed by atoms with van der Waals surface area (Å²) in [5.74, 6) is -0.205. The van der Waals surface area contributed by atoms with Gasteiger partial charge in [0, 0.05) is 24.0 Å². The summed E-state index contributed by atoms with van der Waals surface area (Å²) in [5, 5.41) is 8.74. The summed E-state index contributed by atoms with van der Waals surface area (Å²) in [6.45, 7) is 1.11. The number of aliphatic carboxylic acids is 1. The van der Waals surface area contributed by atoms with Crippen molar-refractivity contribution in [1.82, 2.24) is 4.90 Å². The Hall–Kier alpha value is -1.56. The van der Waals surface area contributed by atoms with Crippen LogP contribution in [0.3, 0.4) is 0 Å². The standard InChI is InChI=1S/C14H16BrNO4/c15-11-1-3-12(4-2-11)20-9-13(17)16-6-5-10(8-16)7-14(18)19/h1-4,10H,5-9H2,(H,18,19). The fourth-order valence-electron chi connectivity index (χ4n) is 2.24. The van der Waals surface area contributed by atoms with Crippen LogP contribution in [0, 0.1) is 5.92 Å². The number of halogens is 1. The molecule has 20 heavy (non-hydrogen) atoms. The highest BCUT2D eigenvalue weighted by Crippen LogP contribution is 2.20. The molecule has 1 N–H and O–H groups in total. The first kappa shape index (κ1) is 14.8. The number of benzene rings is 1. The zero-order valence-corrected chi connectivity index (χ0v) is 12.5. The molecule has 1 atom stereocenters. The Morgan fingerprint density at radius 1 is 1.35 bits per heavy atom. The largest absolute Gasteiger partial charge is 0.484 e. The lowest BCUT2D eigenvalue weighted by molar-refractivity contribution is -0.138. The number of ether oxygens (including phenoxy) is 1. The molecule has 1 saturated heterocycles. The molecule has 0 spiro atoms. The number of amides is 1. The lowest BCUT2D eigenvalue weighted by Crippen LogP contribution is -2.33. The zero-order valence-electron chi connectivity index (χ0n) is 10.9. The first-order valence-corrected chi connectivity index (χ1v) is 7.22. The molecule has 0 aliphatic carbocycles. The molecule has 108 valence electrons. The molecule has 1 aliphatic heterocycles. The summed E-state index contributed by atoms with van der Waals surface area (Å²) >= 11 is 3.33. The predicted octanol–water partition coefficient (Wildman–Crippen LogP) is 2.15. The number of carbonyl (C=O) groups excluding carboxylic acids is 1. The van der Waals surface area contributed by atoms with Crippen LogP contribution in [-0.2, 0) is 9.59 Å². The number of rotatable bonds is 5. The molecular formula is C14H16BrNO4. The maximum Gasteiger partial charge on any atom is 0.303 e. The Morgan fingerprint density at radius 3 is 2.70 bits per heavy atom. The summed E-state index contributed by atoms with van der Waals surface area (Å²) in [4.78, 5) is 24.3. The second-order valence-electron chi connectivity index (χ2n) is 4.83. The fourth-order valence-corrected chi connectivity index (χ4v) is 2.50. The van der Waals surface area contributed by atoms with Crippen LogP contribution in [0.5, 0.6) is 5.75 Å². The van der Waals surface area contributed by atoms with E-state index in [1.165, 1.54) is 0 Å². The second-order valence-corrected chi connectivity index (χ2v) is 5.75. The number of hydrogen-bond donors (Lipinski definition) is 1. The Morgan fingerprint density at radius 2 is 2.05 bits per heavy atom. The van der Waals surface area contributed by atoms with Gasteiger partial charge in [0.2, 0.25) is 0 Å². The van der Waals surface area contributed by atoms with Gasteiger partial charge in [-0.3, -0.25) is 9.59 Å². The van der Waals surface area contributed by atoms with Crippen LogP contribution in [0.15, 0.2) is 28.7 Å². The normalized spacial score (nSPS) is 18.1. The van der Waals surface area contributed by atoms with E-state index in [4.69, 9.17) is 9.84 Å². The molecule has 1 heterocycles. The van der Waals surface area contributed by atoms with Gasteiger partial charge in [0.1, 0.15) is 5.75 Å². The molecule has 0 saturated carbocycles. The average Bonchev–Trinajstić information content (AvgIpc) is 2.85. The van der Waals surface area contributed by atoms with Gasteiger partial charge in [-0.2, -0.15) is 0 Å². The minimum atomic E-state index is -0.810. The van der Waals surface area contributed by atoms with Gasteiger partial charge in [-0.1, -0.05) is 15.9 Å². The van der Waals surface area contributed by atoms with Crippen LogP contribution in [0.25, 0.3) is 0 Å². The maximum absolute atomic E-state index is 12.0. The van der Waals surface area contributed by atoms with E-state index < -0.39 is 5.97 Å². The summed E-state index contributed by atoms with van der Waals surface area (Å²) in [5.41, 5.74) is 0. The van der Waals surface area contributed by atoms with Crippen LogP contribution >= 0.6 is 15.9 Å². The predicted molar refractivity (Wildman–Crippen MR) is 76.6 cm³/mol. The van der Waals surface area contributed by atoms with Crippen LogP contribution < -0.4 is 4.74 Å². The van der Waals surface area contributed by atoms with Gasteiger partial charge in [-0.25, -0.2) is 0 Å². The van der Waals surface area contributed by atoms with E-state index in [-0.39, 0.29) is 24.9 Å². The van der Waals surface area contributed by atoms with Crippen molar-refractivity contribution >= 4 is 27.8 Å². The molecule has 2 rings (SSSR count). The van der Waals surface area contributed by atoms with Crippen LogP contribution in [-0.4, -0.2) is 41.6 Å². The van der Waals surface area contributed by atoms with Gasteiger partial charge in [0.05, 0.1) is 0 Å². The molecule has 0 aromatic heterocycles. The van der Waals surface area contributed by atoms with E-state index in [9.17, 15) is 9.59 Å². The minimum absolute atomic E-state index is 0.0125. The minimum Gasteiger partial charge on any atom is -0.484 e. The number of carboxylic acids is 1. The quantitative estimate of drug-likeness (QED) is 0.890. The van der Waals surface area contributed by atoms with Crippen molar-refractivity contribution in [2.75, 3.05) is 19.7 Å². The highest BCUT2D eigenvalue weighted by molar-refractivity contribution is 9.10. The average molecular weight is 342 g/mol. The number of nitrogens with zero attached hydrogens (tertiary/aromatic N) is 1. The zero-order chi connectivity index (χ0) is 14.5. The summed E-state index contributed by atoms with van der Waals surface area (Å²) in [7, 11) is 0. The Balaban J connectivity index is 1.78. The first-order chi connectivity index (χ1) is 9.54. The van der Waals surface area contributed by atoms with Crippen molar-refractivity contribution in [3.63, 3.8) is 0 Å². The topological polar surface area (TPSA) is 66.8 Å².